The van der Waals surface area contributed by atoms with Gasteiger partial charge in [0, 0.05) is 11.8 Å². The van der Waals surface area contributed by atoms with Gasteiger partial charge in [0.2, 0.25) is 5.91 Å². The molecule has 0 saturated heterocycles. The van der Waals surface area contributed by atoms with Crippen LogP contribution in [-0.4, -0.2) is 38.1 Å². The Kier molecular flexibility index (Phi) is 5.63. The Balaban J connectivity index is 1.90. The normalized spacial score (nSPS) is 13.2. The molecular formula is C20H23N5O2. The highest BCUT2D eigenvalue weighted by Gasteiger charge is 2.20. The lowest BCUT2D eigenvalue weighted by Crippen LogP contribution is -2.46. The van der Waals surface area contributed by atoms with Crippen LogP contribution in [0.3, 0.4) is 0 Å². The molecule has 2 heterocycles. The van der Waals surface area contributed by atoms with Crippen molar-refractivity contribution in [1.82, 2.24) is 20.3 Å². The first-order valence-electron chi connectivity index (χ1n) is 8.74. The van der Waals surface area contributed by atoms with Crippen LogP contribution >= 0.6 is 0 Å². The van der Waals surface area contributed by atoms with Crippen molar-refractivity contribution in [3.8, 4) is 22.6 Å². The van der Waals surface area contributed by atoms with Gasteiger partial charge in [-0.15, -0.1) is 0 Å². The van der Waals surface area contributed by atoms with E-state index in [1.54, 1.807) is 6.20 Å². The fraction of sp³-hybridized carbons (Fsp3) is 0.250. The average molecular weight is 365 g/mol. The minimum absolute atomic E-state index is 0.172. The molecule has 0 spiro atoms. The van der Waals surface area contributed by atoms with Crippen molar-refractivity contribution >= 4 is 5.91 Å². The van der Waals surface area contributed by atoms with Gasteiger partial charge in [-0.3, -0.25) is 9.78 Å². The maximum atomic E-state index is 12.0. The van der Waals surface area contributed by atoms with E-state index < -0.39 is 18.1 Å². The zero-order valence-corrected chi connectivity index (χ0v) is 15.3. The molecule has 1 amide bonds. The molecule has 0 bridgehead atoms. The van der Waals surface area contributed by atoms with Gasteiger partial charge in [0.25, 0.3) is 0 Å². The van der Waals surface area contributed by atoms with Crippen LogP contribution in [0.1, 0.15) is 18.3 Å². The fourth-order valence-corrected chi connectivity index (χ4v) is 2.63. The molecule has 5 N–H and O–H groups in total. The summed E-state index contributed by atoms with van der Waals surface area (Å²) in [4.78, 5) is 24.3. The van der Waals surface area contributed by atoms with Crippen molar-refractivity contribution in [1.29, 1.82) is 0 Å². The molecule has 0 radical (unpaired) electrons. The van der Waals surface area contributed by atoms with Crippen molar-refractivity contribution in [3.63, 3.8) is 0 Å². The Morgan fingerprint density at radius 1 is 1.26 bits per heavy atom. The largest absolute Gasteiger partial charge is 0.391 e. The van der Waals surface area contributed by atoms with Crippen LogP contribution in [0.15, 0.2) is 48.7 Å². The second kappa shape index (κ2) is 8.11. The van der Waals surface area contributed by atoms with Crippen LogP contribution in [0.2, 0.25) is 0 Å². The van der Waals surface area contributed by atoms with E-state index in [9.17, 15) is 9.90 Å². The number of H-pyrrole nitrogens is 1. The zero-order valence-electron chi connectivity index (χ0n) is 15.3. The lowest BCUT2D eigenvalue weighted by molar-refractivity contribution is -0.124. The van der Waals surface area contributed by atoms with Gasteiger partial charge in [-0.25, -0.2) is 4.98 Å². The van der Waals surface area contributed by atoms with Gasteiger partial charge in [0.1, 0.15) is 11.9 Å². The highest BCUT2D eigenvalue weighted by molar-refractivity contribution is 5.82. The minimum atomic E-state index is -0.980. The number of aromatic nitrogens is 3. The Labute approximate surface area is 157 Å². The monoisotopic (exact) mass is 365 g/mol. The third-order valence-electron chi connectivity index (χ3n) is 4.25. The molecule has 1 aromatic carbocycles. The number of aliphatic hydroxyl groups is 1. The smallest absolute Gasteiger partial charge is 0.239 e. The van der Waals surface area contributed by atoms with E-state index in [1.807, 2.05) is 49.4 Å². The second-order valence-electron chi connectivity index (χ2n) is 6.47. The molecule has 7 heteroatoms. The maximum Gasteiger partial charge on any atom is 0.239 e. The van der Waals surface area contributed by atoms with E-state index in [2.05, 4.69) is 20.3 Å². The number of rotatable bonds is 6. The van der Waals surface area contributed by atoms with E-state index in [1.165, 1.54) is 6.92 Å². The van der Waals surface area contributed by atoms with Crippen LogP contribution in [0, 0.1) is 6.92 Å². The van der Waals surface area contributed by atoms with Crippen LogP contribution in [0.5, 0.6) is 0 Å². The van der Waals surface area contributed by atoms with E-state index >= 15 is 0 Å². The average Bonchev–Trinajstić information content (AvgIpc) is 3.11. The van der Waals surface area contributed by atoms with E-state index in [0.717, 1.165) is 28.2 Å². The van der Waals surface area contributed by atoms with E-state index in [4.69, 9.17) is 5.73 Å². The molecule has 0 saturated carbocycles. The summed E-state index contributed by atoms with van der Waals surface area (Å²) < 4.78 is 0. The zero-order chi connectivity index (χ0) is 19.4. The number of imidazole rings is 1. The number of benzene rings is 1. The summed E-state index contributed by atoms with van der Waals surface area (Å²) in [5.41, 5.74) is 10.1. The molecule has 3 rings (SSSR count). The molecule has 0 aliphatic rings. The van der Waals surface area contributed by atoms with Gasteiger partial charge in [-0.05, 0) is 26.0 Å². The minimum Gasteiger partial charge on any atom is -0.391 e. The molecule has 27 heavy (non-hydrogen) atoms. The topological polar surface area (TPSA) is 117 Å². The van der Waals surface area contributed by atoms with Gasteiger partial charge in [0.15, 0.2) is 0 Å². The summed E-state index contributed by atoms with van der Waals surface area (Å²) in [5, 5.41) is 12.1. The van der Waals surface area contributed by atoms with Crippen molar-refractivity contribution in [2.75, 3.05) is 0 Å². The van der Waals surface area contributed by atoms with E-state index in [0.29, 0.717) is 5.82 Å². The molecule has 2 aromatic heterocycles. The SMILES string of the molecule is Cc1ccc(-c2nc(CNC(=O)C(N)C(C)O)[nH]c2-c2ccccn2)cc1. The summed E-state index contributed by atoms with van der Waals surface area (Å²) in [6.45, 7) is 3.68. The summed E-state index contributed by atoms with van der Waals surface area (Å²) in [7, 11) is 0. The van der Waals surface area contributed by atoms with Gasteiger partial charge in [0.05, 0.1) is 29.7 Å². The van der Waals surface area contributed by atoms with Crippen molar-refractivity contribution in [2.24, 2.45) is 5.73 Å². The molecular weight excluding hydrogens is 342 g/mol. The number of hydrogen-bond acceptors (Lipinski definition) is 5. The van der Waals surface area contributed by atoms with Gasteiger partial charge in [-0.1, -0.05) is 35.9 Å². The molecule has 140 valence electrons. The van der Waals surface area contributed by atoms with Crippen molar-refractivity contribution in [2.45, 2.75) is 32.5 Å². The number of nitrogens with two attached hydrogens (primary N) is 1. The van der Waals surface area contributed by atoms with Gasteiger partial charge >= 0.3 is 0 Å². The molecule has 7 nitrogen and oxygen atoms in total. The lowest BCUT2D eigenvalue weighted by Gasteiger charge is -2.13. The fourth-order valence-electron chi connectivity index (χ4n) is 2.63. The first-order valence-corrected chi connectivity index (χ1v) is 8.74. The predicted octanol–water partition coefficient (Wildman–Crippen LogP) is 1.77. The van der Waals surface area contributed by atoms with Gasteiger partial charge in [-0.2, -0.15) is 0 Å². The Morgan fingerprint density at radius 3 is 2.63 bits per heavy atom. The first-order chi connectivity index (χ1) is 13.0. The number of aryl methyl sites for hydroxylation is 1. The highest BCUT2D eigenvalue weighted by atomic mass is 16.3. The molecule has 0 aliphatic carbocycles. The van der Waals surface area contributed by atoms with E-state index in [-0.39, 0.29) is 6.54 Å². The summed E-state index contributed by atoms with van der Waals surface area (Å²) in [5.74, 6) is 0.148. The molecule has 0 aliphatic heterocycles. The van der Waals surface area contributed by atoms with Crippen LogP contribution in [0.4, 0.5) is 0 Å². The molecule has 0 fully saturated rings. The standard InChI is InChI=1S/C20H23N5O2/c1-12-6-8-14(9-7-12)18-19(15-5-3-4-10-22-15)25-16(24-18)11-23-20(27)17(21)13(2)26/h3-10,13,17,26H,11,21H2,1-2H3,(H,23,27)(H,24,25). The molecule has 2 atom stereocenters. The number of nitrogens with one attached hydrogen (secondary N) is 2. The van der Waals surface area contributed by atoms with Crippen LogP contribution in [-0.2, 0) is 11.3 Å². The lowest BCUT2D eigenvalue weighted by atomic mass is 10.1. The van der Waals surface area contributed by atoms with Crippen LogP contribution < -0.4 is 11.1 Å². The number of amides is 1. The number of aromatic amines is 1. The number of pyridine rings is 1. The molecule has 3 aromatic rings. The highest BCUT2D eigenvalue weighted by Crippen LogP contribution is 2.29. The third-order valence-corrected chi connectivity index (χ3v) is 4.25. The first kappa shape index (κ1) is 18.8. The number of hydrogen-bond donors (Lipinski definition) is 4. The number of carbonyl (C=O) groups is 1. The Hall–Kier alpha value is -3.03. The Morgan fingerprint density at radius 2 is 2.00 bits per heavy atom. The van der Waals surface area contributed by atoms with Gasteiger partial charge < -0.3 is 21.1 Å². The van der Waals surface area contributed by atoms with Crippen LogP contribution in [0.25, 0.3) is 22.6 Å². The number of aliphatic hydroxyl groups excluding tert-OH is 1. The maximum absolute atomic E-state index is 12.0. The van der Waals surface area contributed by atoms with Crippen molar-refractivity contribution < 1.29 is 9.90 Å². The predicted molar refractivity (Wildman–Crippen MR) is 103 cm³/mol. The van der Waals surface area contributed by atoms with Crippen molar-refractivity contribution in [3.05, 3.63) is 60.0 Å². The number of carbonyl (C=O) groups excluding carboxylic acids is 1. The summed E-state index contributed by atoms with van der Waals surface area (Å²) >= 11 is 0. The quantitative estimate of drug-likeness (QED) is 0.531. The summed E-state index contributed by atoms with van der Waals surface area (Å²) in [6, 6.07) is 12.7. The Bertz CT molecular complexity index is 904. The molecule has 2 unspecified atom stereocenters. The summed E-state index contributed by atoms with van der Waals surface area (Å²) in [6.07, 6.45) is 0.798. The third kappa shape index (κ3) is 4.39. The second-order valence-corrected chi connectivity index (χ2v) is 6.47. The number of nitrogens with zero attached hydrogens (tertiary/aromatic N) is 2.